The highest BCUT2D eigenvalue weighted by atomic mass is 16.6. The molecule has 12 heteroatoms. The number of hydrogen-bond acceptors (Lipinski definition) is 12. The largest absolute Gasteiger partial charge is 0.495 e. The zero-order chi connectivity index (χ0) is 29.1. The molecule has 4 rings (SSSR count). The summed E-state index contributed by atoms with van der Waals surface area (Å²) in [5, 5.41) is 80.5. The quantitative estimate of drug-likeness (QED) is 0.180. The zero-order valence-electron chi connectivity index (χ0n) is 21.7. The molecule has 40 heavy (non-hydrogen) atoms. The van der Waals surface area contributed by atoms with Crippen LogP contribution >= 0.6 is 0 Å². The Balaban J connectivity index is 1.67. The van der Waals surface area contributed by atoms with Crippen molar-refractivity contribution in [2.24, 2.45) is 0 Å². The molecule has 0 bridgehead atoms. The highest BCUT2D eigenvalue weighted by molar-refractivity contribution is 5.96. The summed E-state index contributed by atoms with van der Waals surface area (Å²) in [5.41, 5.74) is 0.850. The van der Waals surface area contributed by atoms with Crippen molar-refractivity contribution >= 4 is 10.8 Å². The number of rotatable bonds is 4. The summed E-state index contributed by atoms with van der Waals surface area (Å²) in [7, 11) is 2.90. The third-order valence-electron chi connectivity index (χ3n) is 6.99. The first-order valence-electron chi connectivity index (χ1n) is 12.5. The number of ether oxygens (including phenoxy) is 4. The van der Waals surface area contributed by atoms with Crippen LogP contribution in [0.2, 0.25) is 0 Å². The van der Waals surface area contributed by atoms with Crippen molar-refractivity contribution < 1.29 is 59.8 Å². The number of fused-ring (bicyclic) bond motifs is 1. The Kier molecular flexibility index (Phi) is 9.51. The molecule has 0 aromatic heterocycles. The maximum atomic E-state index is 10.3. The van der Waals surface area contributed by atoms with Crippen molar-refractivity contribution in [2.45, 2.75) is 61.0 Å². The van der Waals surface area contributed by atoms with E-state index in [1.807, 2.05) is 0 Å². The van der Waals surface area contributed by atoms with Crippen LogP contribution in [-0.4, -0.2) is 129 Å². The lowest BCUT2D eigenvalue weighted by atomic mass is 9.95. The molecule has 0 saturated carbocycles. The Labute approximate surface area is 229 Å². The van der Waals surface area contributed by atoms with E-state index in [1.54, 1.807) is 24.3 Å². The topological polar surface area (TPSA) is 199 Å². The molecule has 2 aliphatic rings. The maximum Gasteiger partial charge on any atom is 0.147 e. The molecule has 0 amide bonds. The van der Waals surface area contributed by atoms with Crippen molar-refractivity contribution in [3.05, 3.63) is 35.4 Å². The van der Waals surface area contributed by atoms with E-state index >= 15 is 0 Å². The minimum Gasteiger partial charge on any atom is -0.495 e. The van der Waals surface area contributed by atoms with Crippen LogP contribution in [0.4, 0.5) is 0 Å². The number of methoxy groups -OCH3 is 2. The number of benzene rings is 2. The first kappa shape index (κ1) is 30.0. The van der Waals surface area contributed by atoms with E-state index in [-0.39, 0.29) is 0 Å². The van der Waals surface area contributed by atoms with Gasteiger partial charge in [-0.05, 0) is 24.3 Å². The monoisotopic (exact) mass is 560 g/mol. The molecule has 2 fully saturated rings. The van der Waals surface area contributed by atoms with Crippen molar-refractivity contribution in [1.29, 1.82) is 0 Å². The van der Waals surface area contributed by atoms with Crippen LogP contribution in [0.3, 0.4) is 0 Å². The van der Waals surface area contributed by atoms with Crippen LogP contribution in [0.5, 0.6) is 11.5 Å². The highest BCUT2D eigenvalue weighted by Gasteiger charge is 2.43. The normalized spacial score (nSPS) is 33.9. The number of aliphatic hydroxyl groups is 8. The molecule has 0 spiro atoms. The van der Waals surface area contributed by atoms with E-state index in [1.165, 1.54) is 14.2 Å². The first-order valence-corrected chi connectivity index (χ1v) is 12.5. The lowest BCUT2D eigenvalue weighted by Crippen LogP contribution is -2.58. The molecule has 0 radical (unpaired) electrons. The predicted molar refractivity (Wildman–Crippen MR) is 138 cm³/mol. The van der Waals surface area contributed by atoms with E-state index in [9.17, 15) is 40.9 Å². The average molecular weight is 561 g/mol. The fraction of sp³-hybridized carbons (Fsp3) is 0.500. The van der Waals surface area contributed by atoms with E-state index in [0.717, 1.165) is 0 Å². The summed E-state index contributed by atoms with van der Waals surface area (Å²) in [6.45, 7) is -1.13. The van der Waals surface area contributed by atoms with Crippen LogP contribution in [0.25, 0.3) is 10.8 Å². The zero-order valence-corrected chi connectivity index (χ0v) is 21.7. The van der Waals surface area contributed by atoms with Gasteiger partial charge in [-0.3, -0.25) is 0 Å². The molecule has 2 aromatic rings. The van der Waals surface area contributed by atoms with Crippen molar-refractivity contribution in [1.82, 2.24) is 0 Å². The second-order valence-electron chi connectivity index (χ2n) is 9.43. The molecule has 216 valence electrons. The second-order valence-corrected chi connectivity index (χ2v) is 9.43. The fourth-order valence-electron chi connectivity index (χ4n) is 4.73. The Morgan fingerprint density at radius 3 is 1.30 bits per heavy atom. The SMILES string of the molecule is COc1c(C#C[C@H]2O[C@H](CO)[C@@H](O)[C@H](O)[C@@H]2O)ccc2c(OC)c(C#C[C@H]3O[C@H](CO)[C@@H](O)[C@H](O)[C@@H]3O)ccc12. The number of hydrogen-bond donors (Lipinski definition) is 8. The molecule has 2 heterocycles. The average Bonchev–Trinajstić information content (AvgIpc) is 2.97. The van der Waals surface area contributed by atoms with Gasteiger partial charge < -0.3 is 59.8 Å². The van der Waals surface area contributed by atoms with Crippen molar-refractivity contribution in [2.75, 3.05) is 27.4 Å². The Hall–Kier alpha value is -2.98. The standard InChI is InChI=1S/C28H32O12/c1-37-27-13(5-9-17-21(31)25(35)23(33)19(11-29)39-17)3-8-16-15(27)7-4-14(28(16)38-2)6-10-18-22(32)26(36)24(34)20(12-30)40-18/h3-4,7-8,17-26,29-36H,11-12H2,1-2H3/t17-,18-,19-,20-,21-,22-,23-,24-,25-,26-/m1/s1. The van der Waals surface area contributed by atoms with Gasteiger partial charge in [0.05, 0.1) is 38.6 Å². The fourth-order valence-corrected chi connectivity index (χ4v) is 4.73. The molecule has 10 atom stereocenters. The van der Waals surface area contributed by atoms with Gasteiger partial charge in [-0.2, -0.15) is 0 Å². The Morgan fingerprint density at radius 2 is 0.975 bits per heavy atom. The van der Waals surface area contributed by atoms with Gasteiger partial charge in [-0.25, -0.2) is 0 Å². The molecule has 2 saturated heterocycles. The summed E-state index contributed by atoms with van der Waals surface area (Å²) in [4.78, 5) is 0. The van der Waals surface area contributed by atoms with Gasteiger partial charge in [0.25, 0.3) is 0 Å². The van der Waals surface area contributed by atoms with Crippen LogP contribution in [0, 0.1) is 23.7 Å². The Bertz CT molecular complexity index is 1220. The minimum absolute atomic E-state index is 0.376. The predicted octanol–water partition coefficient (Wildman–Crippen LogP) is -2.76. The van der Waals surface area contributed by atoms with Crippen molar-refractivity contribution in [3.63, 3.8) is 0 Å². The number of aliphatic hydroxyl groups excluding tert-OH is 8. The minimum atomic E-state index is -1.55. The molecule has 2 aliphatic heterocycles. The molecular formula is C28H32O12. The molecule has 2 aromatic carbocycles. The van der Waals surface area contributed by atoms with Crippen LogP contribution in [-0.2, 0) is 9.47 Å². The van der Waals surface area contributed by atoms with Gasteiger partial charge in [-0.1, -0.05) is 23.7 Å². The third-order valence-corrected chi connectivity index (χ3v) is 6.99. The lowest BCUT2D eigenvalue weighted by molar-refractivity contribution is -0.214. The maximum absolute atomic E-state index is 10.3. The summed E-state index contributed by atoms with van der Waals surface area (Å²) in [6.07, 6.45) is -13.6. The van der Waals surface area contributed by atoms with Crippen molar-refractivity contribution in [3.8, 4) is 35.2 Å². The molecule has 0 aliphatic carbocycles. The van der Waals surface area contributed by atoms with Gasteiger partial charge in [0.1, 0.15) is 72.5 Å². The van der Waals surface area contributed by atoms with Gasteiger partial charge >= 0.3 is 0 Å². The molecule has 12 nitrogen and oxygen atoms in total. The van der Waals surface area contributed by atoms with E-state index in [0.29, 0.717) is 33.4 Å². The highest BCUT2D eigenvalue weighted by Crippen LogP contribution is 2.37. The van der Waals surface area contributed by atoms with Gasteiger partial charge in [-0.15, -0.1) is 0 Å². The van der Waals surface area contributed by atoms with Crippen LogP contribution < -0.4 is 9.47 Å². The summed E-state index contributed by atoms with van der Waals surface area (Å²) in [5.74, 6) is 11.9. The van der Waals surface area contributed by atoms with Gasteiger partial charge in [0, 0.05) is 10.8 Å². The second kappa shape index (κ2) is 12.7. The molecule has 0 unspecified atom stereocenters. The van der Waals surface area contributed by atoms with Crippen LogP contribution in [0.15, 0.2) is 24.3 Å². The summed E-state index contributed by atoms with van der Waals surface area (Å²) >= 11 is 0. The lowest BCUT2D eigenvalue weighted by Gasteiger charge is -2.37. The first-order chi connectivity index (χ1) is 19.2. The summed E-state index contributed by atoms with van der Waals surface area (Å²) < 4.78 is 22.1. The van der Waals surface area contributed by atoms with Gasteiger partial charge in [0.15, 0.2) is 0 Å². The van der Waals surface area contributed by atoms with Gasteiger partial charge in [0.2, 0.25) is 0 Å². The molecular weight excluding hydrogens is 528 g/mol. The third kappa shape index (κ3) is 5.61. The van der Waals surface area contributed by atoms with E-state index < -0.39 is 74.3 Å². The smallest absolute Gasteiger partial charge is 0.147 e. The van der Waals surface area contributed by atoms with E-state index in [2.05, 4.69) is 23.7 Å². The summed E-state index contributed by atoms with van der Waals surface area (Å²) in [6, 6.07) is 6.73. The Morgan fingerprint density at radius 1 is 0.600 bits per heavy atom. The van der Waals surface area contributed by atoms with Crippen LogP contribution in [0.1, 0.15) is 11.1 Å². The van der Waals surface area contributed by atoms with E-state index in [4.69, 9.17) is 18.9 Å². The molecule has 8 N–H and O–H groups in total.